The van der Waals surface area contributed by atoms with Crippen LogP contribution in [-0.2, 0) is 0 Å². The van der Waals surface area contributed by atoms with Crippen molar-refractivity contribution in [2.45, 2.75) is 52.0 Å². The standard InChI is InChI=1S/C14H22N2O2/c1-3-4-5-6-8-12(2)15-13-9-7-10-14(11-13)16(17)18/h7,9-12,15H,3-6,8H2,1-2H3. The molecule has 0 heterocycles. The van der Waals surface area contributed by atoms with Gasteiger partial charge in [-0.1, -0.05) is 38.7 Å². The van der Waals surface area contributed by atoms with Crippen molar-refractivity contribution in [3.05, 3.63) is 34.4 Å². The third-order valence-corrected chi connectivity index (χ3v) is 2.96. The number of non-ortho nitro benzene ring substituents is 1. The van der Waals surface area contributed by atoms with Crippen molar-refractivity contribution >= 4 is 11.4 Å². The zero-order chi connectivity index (χ0) is 13.4. The van der Waals surface area contributed by atoms with Crippen LogP contribution in [0.15, 0.2) is 24.3 Å². The highest BCUT2D eigenvalue weighted by Crippen LogP contribution is 2.18. The molecule has 0 spiro atoms. The number of hydrogen-bond acceptors (Lipinski definition) is 3. The molecular weight excluding hydrogens is 228 g/mol. The normalized spacial score (nSPS) is 12.1. The molecule has 4 heteroatoms. The van der Waals surface area contributed by atoms with Crippen LogP contribution >= 0.6 is 0 Å². The van der Waals surface area contributed by atoms with Crippen molar-refractivity contribution in [1.29, 1.82) is 0 Å². The lowest BCUT2D eigenvalue weighted by Crippen LogP contribution is -2.14. The monoisotopic (exact) mass is 250 g/mol. The first-order valence-corrected chi connectivity index (χ1v) is 6.64. The minimum absolute atomic E-state index is 0.137. The number of nitro groups is 1. The number of hydrogen-bond donors (Lipinski definition) is 1. The van der Waals surface area contributed by atoms with Crippen molar-refractivity contribution in [1.82, 2.24) is 0 Å². The van der Waals surface area contributed by atoms with Gasteiger partial charge in [-0.25, -0.2) is 0 Å². The zero-order valence-electron chi connectivity index (χ0n) is 11.2. The second kappa shape index (κ2) is 7.69. The van der Waals surface area contributed by atoms with E-state index in [2.05, 4.69) is 19.2 Å². The maximum Gasteiger partial charge on any atom is 0.271 e. The van der Waals surface area contributed by atoms with Gasteiger partial charge in [-0.2, -0.15) is 0 Å². The van der Waals surface area contributed by atoms with Crippen molar-refractivity contribution < 1.29 is 4.92 Å². The fourth-order valence-corrected chi connectivity index (χ4v) is 1.94. The van der Waals surface area contributed by atoms with E-state index in [0.29, 0.717) is 6.04 Å². The number of anilines is 1. The van der Waals surface area contributed by atoms with E-state index >= 15 is 0 Å². The zero-order valence-corrected chi connectivity index (χ0v) is 11.2. The van der Waals surface area contributed by atoms with E-state index in [0.717, 1.165) is 12.1 Å². The van der Waals surface area contributed by atoms with Gasteiger partial charge < -0.3 is 5.32 Å². The van der Waals surface area contributed by atoms with Crippen LogP contribution in [0, 0.1) is 10.1 Å². The maximum absolute atomic E-state index is 10.7. The topological polar surface area (TPSA) is 55.2 Å². The number of nitrogens with one attached hydrogen (secondary N) is 1. The Kier molecular flexibility index (Phi) is 6.19. The Hall–Kier alpha value is -1.58. The van der Waals surface area contributed by atoms with Crippen LogP contribution in [0.5, 0.6) is 0 Å². The summed E-state index contributed by atoms with van der Waals surface area (Å²) in [5.41, 5.74) is 0.963. The number of nitrogens with zero attached hydrogens (tertiary/aromatic N) is 1. The maximum atomic E-state index is 10.7. The van der Waals surface area contributed by atoms with Gasteiger partial charge in [0.2, 0.25) is 0 Å². The van der Waals surface area contributed by atoms with Crippen molar-refractivity contribution in [2.24, 2.45) is 0 Å². The summed E-state index contributed by atoms with van der Waals surface area (Å²) in [7, 11) is 0. The summed E-state index contributed by atoms with van der Waals surface area (Å²) in [4.78, 5) is 10.3. The first-order valence-electron chi connectivity index (χ1n) is 6.64. The number of benzene rings is 1. The van der Waals surface area contributed by atoms with Crippen LogP contribution in [0.1, 0.15) is 46.0 Å². The highest BCUT2D eigenvalue weighted by Gasteiger charge is 2.07. The summed E-state index contributed by atoms with van der Waals surface area (Å²) in [5, 5.41) is 14.0. The van der Waals surface area contributed by atoms with E-state index < -0.39 is 0 Å². The second-order valence-electron chi connectivity index (χ2n) is 4.70. The van der Waals surface area contributed by atoms with Gasteiger partial charge in [0.25, 0.3) is 5.69 Å². The van der Waals surface area contributed by atoms with Gasteiger partial charge in [-0.05, 0) is 19.4 Å². The molecule has 100 valence electrons. The molecule has 1 N–H and O–H groups in total. The molecular formula is C14H22N2O2. The second-order valence-corrected chi connectivity index (χ2v) is 4.70. The van der Waals surface area contributed by atoms with Crippen LogP contribution in [0.2, 0.25) is 0 Å². The molecule has 1 aromatic carbocycles. The molecule has 1 atom stereocenters. The lowest BCUT2D eigenvalue weighted by Gasteiger charge is -2.14. The van der Waals surface area contributed by atoms with E-state index in [1.165, 1.54) is 31.7 Å². The highest BCUT2D eigenvalue weighted by molar-refractivity contribution is 5.51. The molecule has 18 heavy (non-hydrogen) atoms. The Morgan fingerprint density at radius 3 is 2.78 bits per heavy atom. The minimum Gasteiger partial charge on any atom is -0.382 e. The molecule has 0 radical (unpaired) electrons. The lowest BCUT2D eigenvalue weighted by molar-refractivity contribution is -0.384. The van der Waals surface area contributed by atoms with E-state index in [9.17, 15) is 10.1 Å². The fraction of sp³-hybridized carbons (Fsp3) is 0.571. The smallest absolute Gasteiger partial charge is 0.271 e. The Labute approximate surface area is 109 Å². The molecule has 0 aromatic heterocycles. The third-order valence-electron chi connectivity index (χ3n) is 2.96. The molecule has 0 saturated heterocycles. The summed E-state index contributed by atoms with van der Waals surface area (Å²) < 4.78 is 0. The molecule has 0 amide bonds. The van der Waals surface area contributed by atoms with Gasteiger partial charge >= 0.3 is 0 Å². The van der Waals surface area contributed by atoms with Crippen molar-refractivity contribution in [3.63, 3.8) is 0 Å². The molecule has 1 rings (SSSR count). The number of unbranched alkanes of at least 4 members (excludes halogenated alkanes) is 3. The van der Waals surface area contributed by atoms with E-state index in [-0.39, 0.29) is 10.6 Å². The van der Waals surface area contributed by atoms with Gasteiger partial charge in [-0.3, -0.25) is 10.1 Å². The SMILES string of the molecule is CCCCCCC(C)Nc1cccc([N+](=O)[O-])c1. The summed E-state index contributed by atoms with van der Waals surface area (Å²) in [6, 6.07) is 7.03. The predicted octanol–water partition coefficient (Wildman–Crippen LogP) is 4.37. The minimum atomic E-state index is -0.364. The summed E-state index contributed by atoms with van der Waals surface area (Å²) in [6.07, 6.45) is 6.09. The predicted molar refractivity (Wildman–Crippen MR) is 74.9 cm³/mol. The lowest BCUT2D eigenvalue weighted by atomic mass is 10.1. The quantitative estimate of drug-likeness (QED) is 0.423. The van der Waals surface area contributed by atoms with E-state index in [1.807, 2.05) is 6.07 Å². The van der Waals surface area contributed by atoms with E-state index in [4.69, 9.17) is 0 Å². The number of rotatable bonds is 8. The molecule has 1 unspecified atom stereocenters. The van der Waals surface area contributed by atoms with Crippen LogP contribution in [-0.4, -0.2) is 11.0 Å². The molecule has 1 aromatic rings. The molecule has 0 aliphatic heterocycles. The van der Waals surface area contributed by atoms with Gasteiger partial charge in [0, 0.05) is 23.9 Å². The molecule has 0 aliphatic rings. The van der Waals surface area contributed by atoms with Crippen LogP contribution < -0.4 is 5.32 Å². The van der Waals surface area contributed by atoms with Gasteiger partial charge in [0.1, 0.15) is 0 Å². The Morgan fingerprint density at radius 1 is 1.33 bits per heavy atom. The largest absolute Gasteiger partial charge is 0.382 e. The Balaban J connectivity index is 2.41. The summed E-state index contributed by atoms with van der Waals surface area (Å²) >= 11 is 0. The fourth-order valence-electron chi connectivity index (χ4n) is 1.94. The Morgan fingerprint density at radius 2 is 2.11 bits per heavy atom. The number of nitro benzene ring substituents is 1. The van der Waals surface area contributed by atoms with E-state index in [1.54, 1.807) is 12.1 Å². The first-order chi connectivity index (χ1) is 8.63. The summed E-state index contributed by atoms with van der Waals surface area (Å²) in [6.45, 7) is 4.32. The van der Waals surface area contributed by atoms with Crippen molar-refractivity contribution in [2.75, 3.05) is 5.32 Å². The van der Waals surface area contributed by atoms with Crippen LogP contribution in [0.4, 0.5) is 11.4 Å². The van der Waals surface area contributed by atoms with Gasteiger partial charge in [0.05, 0.1) is 4.92 Å². The van der Waals surface area contributed by atoms with Crippen LogP contribution in [0.25, 0.3) is 0 Å². The molecule has 0 bridgehead atoms. The third kappa shape index (κ3) is 5.17. The first kappa shape index (κ1) is 14.5. The average molecular weight is 250 g/mol. The van der Waals surface area contributed by atoms with Crippen molar-refractivity contribution in [3.8, 4) is 0 Å². The molecule has 4 nitrogen and oxygen atoms in total. The van der Waals surface area contributed by atoms with Gasteiger partial charge in [0.15, 0.2) is 0 Å². The highest BCUT2D eigenvalue weighted by atomic mass is 16.6. The average Bonchev–Trinajstić information content (AvgIpc) is 2.35. The molecule has 0 saturated carbocycles. The van der Waals surface area contributed by atoms with Gasteiger partial charge in [-0.15, -0.1) is 0 Å². The molecule has 0 fully saturated rings. The summed E-state index contributed by atoms with van der Waals surface area (Å²) in [5.74, 6) is 0. The molecule has 0 aliphatic carbocycles. The Bertz CT molecular complexity index is 380. The van der Waals surface area contributed by atoms with Crippen LogP contribution in [0.3, 0.4) is 0 Å².